The molecule has 0 atom stereocenters. The zero-order chi connectivity index (χ0) is 19.3. The summed E-state index contributed by atoms with van der Waals surface area (Å²) < 4.78 is 6.85. The fourth-order valence-electron chi connectivity index (χ4n) is 3.38. The molecule has 1 aliphatic rings. The van der Waals surface area contributed by atoms with Crippen LogP contribution in [0.5, 0.6) is 0 Å². The molecule has 1 N–H and O–H groups in total. The number of benzene rings is 1. The summed E-state index contributed by atoms with van der Waals surface area (Å²) in [6.07, 6.45) is 4.24. The molecule has 3 aromatic rings. The van der Waals surface area contributed by atoms with E-state index in [-0.39, 0.29) is 18.6 Å². The highest BCUT2D eigenvalue weighted by atomic mass is 32.1. The Bertz CT molecular complexity index is 945. The average Bonchev–Trinajstić information content (AvgIpc) is 3.47. The predicted molar refractivity (Wildman–Crippen MR) is 108 cm³/mol. The van der Waals surface area contributed by atoms with Gasteiger partial charge < -0.3 is 10.1 Å². The molecule has 144 valence electrons. The molecule has 2 aromatic heterocycles. The van der Waals surface area contributed by atoms with Gasteiger partial charge in [-0.3, -0.25) is 4.79 Å². The van der Waals surface area contributed by atoms with Crippen LogP contribution in [0.1, 0.15) is 36.2 Å². The number of esters is 1. The summed E-state index contributed by atoms with van der Waals surface area (Å²) in [5, 5.41) is 9.46. The third kappa shape index (κ3) is 4.14. The van der Waals surface area contributed by atoms with E-state index in [4.69, 9.17) is 4.74 Å². The summed E-state index contributed by atoms with van der Waals surface area (Å²) in [5.74, 6) is -0.828. The lowest BCUT2D eigenvalue weighted by atomic mass is 10.2. The quantitative estimate of drug-likeness (QED) is 0.644. The molecule has 1 saturated carbocycles. The Hall–Kier alpha value is -2.93. The van der Waals surface area contributed by atoms with Gasteiger partial charge in [0.05, 0.1) is 10.6 Å². The van der Waals surface area contributed by atoms with Crippen molar-refractivity contribution >= 4 is 23.2 Å². The lowest BCUT2D eigenvalue weighted by molar-refractivity contribution is -0.124. The van der Waals surface area contributed by atoms with Crippen molar-refractivity contribution in [3.8, 4) is 16.3 Å². The second-order valence-electron chi connectivity index (χ2n) is 6.76. The number of carbonyl (C=O) groups is 2. The molecule has 4 rings (SSSR count). The van der Waals surface area contributed by atoms with Crippen molar-refractivity contribution in [2.75, 3.05) is 6.61 Å². The van der Waals surface area contributed by atoms with E-state index >= 15 is 0 Å². The van der Waals surface area contributed by atoms with E-state index in [0.717, 1.165) is 36.2 Å². The van der Waals surface area contributed by atoms with Crippen LogP contribution < -0.4 is 5.32 Å². The average molecular weight is 395 g/mol. The molecule has 6 nitrogen and oxygen atoms in total. The first-order chi connectivity index (χ1) is 13.7. The summed E-state index contributed by atoms with van der Waals surface area (Å²) in [6, 6.07) is 15.2. The Labute approximate surface area is 167 Å². The highest BCUT2D eigenvalue weighted by molar-refractivity contribution is 7.13. The molecular weight excluding hydrogens is 374 g/mol. The summed E-state index contributed by atoms with van der Waals surface area (Å²) in [5.41, 5.74) is 1.75. The third-order valence-electron chi connectivity index (χ3n) is 4.75. The van der Waals surface area contributed by atoms with E-state index in [1.54, 1.807) is 22.1 Å². The van der Waals surface area contributed by atoms with Crippen LogP contribution in [-0.4, -0.2) is 34.3 Å². The zero-order valence-corrected chi connectivity index (χ0v) is 16.2. The third-order valence-corrected chi connectivity index (χ3v) is 5.64. The van der Waals surface area contributed by atoms with Crippen LogP contribution in [-0.2, 0) is 9.53 Å². The van der Waals surface area contributed by atoms with E-state index in [0.29, 0.717) is 11.4 Å². The maximum atomic E-state index is 12.7. The number of thiophene rings is 1. The number of amides is 1. The number of ether oxygens (including phenoxy) is 1. The van der Waals surface area contributed by atoms with E-state index in [9.17, 15) is 9.59 Å². The van der Waals surface area contributed by atoms with Gasteiger partial charge in [-0.15, -0.1) is 11.3 Å². The van der Waals surface area contributed by atoms with E-state index in [2.05, 4.69) is 10.4 Å². The monoisotopic (exact) mass is 395 g/mol. The largest absolute Gasteiger partial charge is 0.451 e. The van der Waals surface area contributed by atoms with Crippen molar-refractivity contribution in [1.29, 1.82) is 0 Å². The highest BCUT2D eigenvalue weighted by Gasteiger charge is 2.22. The van der Waals surface area contributed by atoms with E-state index in [1.165, 1.54) is 0 Å². The molecule has 1 amide bonds. The van der Waals surface area contributed by atoms with Crippen molar-refractivity contribution in [3.05, 3.63) is 59.6 Å². The molecule has 0 bridgehead atoms. The Balaban J connectivity index is 1.52. The van der Waals surface area contributed by atoms with Crippen molar-refractivity contribution < 1.29 is 14.3 Å². The Morgan fingerprint density at radius 2 is 1.93 bits per heavy atom. The maximum absolute atomic E-state index is 12.7. The molecule has 0 spiro atoms. The SMILES string of the molecule is O=C(COC(=O)c1cc(-c2cccs2)nn1-c1ccccc1)NC1CCCC1. The number of hydrogen-bond acceptors (Lipinski definition) is 5. The molecule has 1 aliphatic carbocycles. The normalized spacial score (nSPS) is 14.1. The van der Waals surface area contributed by atoms with Crippen LogP contribution in [0.3, 0.4) is 0 Å². The lowest BCUT2D eigenvalue weighted by Crippen LogP contribution is -2.36. The fourth-order valence-corrected chi connectivity index (χ4v) is 4.06. The van der Waals surface area contributed by atoms with Gasteiger partial charge in [0.2, 0.25) is 0 Å². The Morgan fingerprint density at radius 1 is 1.14 bits per heavy atom. The molecule has 28 heavy (non-hydrogen) atoms. The predicted octanol–water partition coefficient (Wildman–Crippen LogP) is 3.82. The number of para-hydroxylation sites is 1. The topological polar surface area (TPSA) is 73.2 Å². The summed E-state index contributed by atoms with van der Waals surface area (Å²) >= 11 is 1.55. The van der Waals surface area contributed by atoms with Crippen LogP contribution in [0.4, 0.5) is 0 Å². The summed E-state index contributed by atoms with van der Waals surface area (Å²) in [4.78, 5) is 25.7. The van der Waals surface area contributed by atoms with Gasteiger partial charge >= 0.3 is 5.97 Å². The summed E-state index contributed by atoms with van der Waals surface area (Å²) in [6.45, 7) is -0.288. The molecule has 0 radical (unpaired) electrons. The van der Waals surface area contributed by atoms with Gasteiger partial charge in [-0.25, -0.2) is 9.48 Å². The molecule has 1 aromatic carbocycles. The van der Waals surface area contributed by atoms with Gasteiger partial charge in [-0.2, -0.15) is 5.10 Å². The molecule has 7 heteroatoms. The lowest BCUT2D eigenvalue weighted by Gasteiger charge is -2.12. The standard InChI is InChI=1S/C21H21N3O3S/c25-20(22-15-7-4-5-8-15)14-27-21(26)18-13-17(19-11-6-12-28-19)23-24(18)16-9-2-1-3-10-16/h1-3,6,9-13,15H,4-5,7-8,14H2,(H,22,25). The van der Waals surface area contributed by atoms with Crippen LogP contribution in [0, 0.1) is 0 Å². The van der Waals surface area contributed by atoms with Gasteiger partial charge in [0, 0.05) is 12.1 Å². The Morgan fingerprint density at radius 3 is 2.64 bits per heavy atom. The van der Waals surface area contributed by atoms with Crippen LogP contribution in [0.25, 0.3) is 16.3 Å². The number of hydrogen-bond donors (Lipinski definition) is 1. The number of rotatable bonds is 6. The molecule has 0 unspecified atom stereocenters. The van der Waals surface area contributed by atoms with Gasteiger partial charge in [0.1, 0.15) is 5.69 Å². The zero-order valence-electron chi connectivity index (χ0n) is 15.3. The van der Waals surface area contributed by atoms with Gasteiger partial charge in [0.15, 0.2) is 12.3 Å². The first kappa shape index (κ1) is 18.4. The second kappa shape index (κ2) is 8.39. The van der Waals surface area contributed by atoms with Crippen molar-refractivity contribution in [2.24, 2.45) is 0 Å². The summed E-state index contributed by atoms with van der Waals surface area (Å²) in [7, 11) is 0. The van der Waals surface area contributed by atoms with Crippen molar-refractivity contribution in [1.82, 2.24) is 15.1 Å². The first-order valence-corrected chi connectivity index (χ1v) is 10.2. The van der Waals surface area contributed by atoms with E-state index < -0.39 is 5.97 Å². The molecular formula is C21H21N3O3S. The minimum atomic E-state index is -0.569. The number of carbonyl (C=O) groups excluding carboxylic acids is 2. The smallest absolute Gasteiger partial charge is 0.357 e. The first-order valence-electron chi connectivity index (χ1n) is 9.36. The van der Waals surface area contributed by atoms with Crippen LogP contribution in [0.2, 0.25) is 0 Å². The van der Waals surface area contributed by atoms with Crippen molar-refractivity contribution in [3.63, 3.8) is 0 Å². The maximum Gasteiger partial charge on any atom is 0.357 e. The van der Waals surface area contributed by atoms with Gasteiger partial charge in [0.25, 0.3) is 5.91 Å². The number of aromatic nitrogens is 2. The highest BCUT2D eigenvalue weighted by Crippen LogP contribution is 2.26. The molecule has 1 fully saturated rings. The van der Waals surface area contributed by atoms with Gasteiger partial charge in [-0.1, -0.05) is 37.1 Å². The minimum absolute atomic E-state index is 0.200. The van der Waals surface area contributed by atoms with E-state index in [1.807, 2.05) is 47.8 Å². The Kier molecular flexibility index (Phi) is 5.53. The molecule has 2 heterocycles. The molecule has 0 saturated heterocycles. The minimum Gasteiger partial charge on any atom is -0.451 e. The van der Waals surface area contributed by atoms with Crippen LogP contribution >= 0.6 is 11.3 Å². The second-order valence-corrected chi connectivity index (χ2v) is 7.71. The van der Waals surface area contributed by atoms with Crippen LogP contribution in [0.15, 0.2) is 53.9 Å². The van der Waals surface area contributed by atoms with Gasteiger partial charge in [-0.05, 0) is 36.4 Å². The van der Waals surface area contributed by atoms with Crippen molar-refractivity contribution in [2.45, 2.75) is 31.7 Å². The fraction of sp³-hybridized carbons (Fsp3) is 0.286. The molecule has 0 aliphatic heterocycles. The number of nitrogens with zero attached hydrogens (tertiary/aromatic N) is 2. The number of nitrogens with one attached hydrogen (secondary N) is 1.